The maximum Gasteiger partial charge on any atom is 0.509 e. The lowest BCUT2D eigenvalue weighted by Gasteiger charge is -2.38. The van der Waals surface area contributed by atoms with Crippen LogP contribution in [0.4, 0.5) is 4.79 Å². The van der Waals surface area contributed by atoms with Gasteiger partial charge in [-0.3, -0.25) is 4.79 Å². The highest BCUT2D eigenvalue weighted by molar-refractivity contribution is 6.30. The van der Waals surface area contributed by atoms with Crippen LogP contribution in [0.15, 0.2) is 121 Å². The van der Waals surface area contributed by atoms with Gasteiger partial charge in [0.1, 0.15) is 10.8 Å². The monoisotopic (exact) mass is 470 g/mol. The number of ether oxygens (including phenoxy) is 2. The molecule has 2 fully saturated rings. The van der Waals surface area contributed by atoms with Crippen LogP contribution in [0.1, 0.15) is 22.3 Å². The van der Waals surface area contributed by atoms with E-state index in [1.165, 1.54) is 0 Å². The van der Waals surface area contributed by atoms with E-state index in [-0.39, 0.29) is 5.78 Å². The third-order valence-electron chi connectivity index (χ3n) is 7.91. The van der Waals surface area contributed by atoms with Crippen molar-refractivity contribution in [2.45, 2.75) is 23.0 Å². The minimum absolute atomic E-state index is 0.0207. The van der Waals surface area contributed by atoms with Gasteiger partial charge in [-0.15, -0.1) is 0 Å². The number of Topliss-reactive ketones (excluding diaryl/α,β-unsaturated/α-hetero) is 1. The zero-order valence-electron chi connectivity index (χ0n) is 19.3. The topological polar surface area (TPSA) is 52.6 Å². The first-order chi connectivity index (χ1) is 17.7. The van der Waals surface area contributed by atoms with Gasteiger partial charge in [-0.05, 0) is 33.4 Å². The Morgan fingerprint density at radius 3 is 1.17 bits per heavy atom. The molecule has 0 aromatic heterocycles. The minimum atomic E-state index is -1.22. The number of carbonyl (C=O) groups is 2. The van der Waals surface area contributed by atoms with Crippen molar-refractivity contribution in [3.63, 3.8) is 0 Å². The predicted octanol–water partition coefficient (Wildman–Crippen LogP) is 5.97. The Kier molecular flexibility index (Phi) is 4.37. The summed E-state index contributed by atoms with van der Waals surface area (Å²) in [4.78, 5) is 27.9. The molecule has 36 heavy (non-hydrogen) atoms. The molecule has 1 aliphatic heterocycles. The van der Waals surface area contributed by atoms with E-state index >= 15 is 4.79 Å². The second kappa shape index (κ2) is 7.53. The Bertz CT molecular complexity index is 1400. The molecule has 2 bridgehead atoms. The second-order valence-corrected chi connectivity index (χ2v) is 9.49. The predicted molar refractivity (Wildman–Crippen MR) is 136 cm³/mol. The summed E-state index contributed by atoms with van der Waals surface area (Å²) in [6.07, 6.45) is -2.31. The summed E-state index contributed by atoms with van der Waals surface area (Å²) in [5.74, 6) is -0.0207. The molecule has 4 aromatic carbocycles. The number of rotatable bonds is 4. The van der Waals surface area contributed by atoms with Crippen molar-refractivity contribution in [2.24, 2.45) is 0 Å². The average Bonchev–Trinajstić information content (AvgIpc) is 3.51. The molecule has 0 unspecified atom stereocenters. The van der Waals surface area contributed by atoms with Crippen molar-refractivity contribution in [3.8, 4) is 0 Å². The average molecular weight is 471 g/mol. The molecule has 4 atom stereocenters. The molecule has 4 aromatic rings. The fraction of sp³-hybridized carbons (Fsp3) is 0.125. The zero-order chi connectivity index (χ0) is 24.3. The molecule has 1 heterocycles. The van der Waals surface area contributed by atoms with E-state index in [0.717, 1.165) is 33.4 Å². The third kappa shape index (κ3) is 2.43. The van der Waals surface area contributed by atoms with Crippen LogP contribution >= 0.6 is 0 Å². The highest BCUT2D eigenvalue weighted by atomic mass is 16.8. The summed E-state index contributed by atoms with van der Waals surface area (Å²) >= 11 is 0. The standard InChI is InChI=1S/C32H22O4/c33-29-31(23-17-9-3-10-18-23)25(21-13-5-1-6-14-21)26(22-15-7-2-8-16-22)32(29,24-19-11-4-12-20-24)28-27(31)35-30(34)36-28/h1-20,27-28H/t27-,28-,31-,32+/m0/s1. The zero-order valence-corrected chi connectivity index (χ0v) is 19.3. The molecule has 4 nitrogen and oxygen atoms in total. The molecule has 174 valence electrons. The molecule has 0 N–H and O–H groups in total. The van der Waals surface area contributed by atoms with Crippen molar-refractivity contribution in [2.75, 3.05) is 0 Å². The maximum absolute atomic E-state index is 15.2. The second-order valence-electron chi connectivity index (χ2n) is 9.49. The van der Waals surface area contributed by atoms with Crippen molar-refractivity contribution < 1.29 is 19.1 Å². The van der Waals surface area contributed by atoms with Gasteiger partial charge in [0.05, 0.1) is 0 Å². The Morgan fingerprint density at radius 2 is 0.806 bits per heavy atom. The van der Waals surface area contributed by atoms with Crippen molar-refractivity contribution >= 4 is 23.1 Å². The summed E-state index contributed by atoms with van der Waals surface area (Å²) in [7, 11) is 0. The van der Waals surface area contributed by atoms with Crippen LogP contribution in [0, 0.1) is 0 Å². The third-order valence-corrected chi connectivity index (χ3v) is 7.91. The summed E-state index contributed by atoms with van der Waals surface area (Å²) in [5, 5.41) is 0. The number of hydrogen-bond donors (Lipinski definition) is 0. The van der Waals surface area contributed by atoms with Crippen LogP contribution in [-0.4, -0.2) is 24.1 Å². The molecule has 4 heteroatoms. The van der Waals surface area contributed by atoms with Crippen LogP contribution in [0.3, 0.4) is 0 Å². The molecular weight excluding hydrogens is 448 g/mol. The first-order valence-corrected chi connectivity index (χ1v) is 12.1. The Hall–Kier alpha value is -4.44. The smallest absolute Gasteiger partial charge is 0.425 e. The van der Waals surface area contributed by atoms with Gasteiger partial charge in [0.15, 0.2) is 18.0 Å². The number of fused-ring (bicyclic) bond motifs is 5. The Balaban J connectivity index is 1.70. The number of hydrogen-bond acceptors (Lipinski definition) is 4. The highest BCUT2D eigenvalue weighted by Gasteiger charge is 2.81. The van der Waals surface area contributed by atoms with Crippen LogP contribution in [0.2, 0.25) is 0 Å². The van der Waals surface area contributed by atoms with Gasteiger partial charge < -0.3 is 9.47 Å². The summed E-state index contributed by atoms with van der Waals surface area (Å²) in [5.41, 5.74) is 2.74. The number of carbonyl (C=O) groups excluding carboxylic acids is 2. The van der Waals surface area contributed by atoms with E-state index < -0.39 is 29.2 Å². The molecule has 1 saturated carbocycles. The SMILES string of the molecule is O=C1O[C@H]2[C@H](O1)[C@]1(c3ccccc3)C(=O)[C@@]2(c2ccccc2)C(c2ccccc2)=C1c1ccccc1. The first kappa shape index (κ1) is 20.9. The Morgan fingerprint density at radius 1 is 0.472 bits per heavy atom. The first-order valence-electron chi connectivity index (χ1n) is 12.1. The van der Waals surface area contributed by atoms with Gasteiger partial charge >= 0.3 is 6.16 Å². The van der Waals surface area contributed by atoms with Gasteiger partial charge in [0.25, 0.3) is 0 Å². The van der Waals surface area contributed by atoms with Gasteiger partial charge in [-0.25, -0.2) is 4.79 Å². The lowest BCUT2D eigenvalue weighted by molar-refractivity contribution is -0.124. The largest absolute Gasteiger partial charge is 0.509 e. The van der Waals surface area contributed by atoms with E-state index in [4.69, 9.17) is 9.47 Å². The molecule has 0 amide bonds. The van der Waals surface area contributed by atoms with Crippen LogP contribution in [0.5, 0.6) is 0 Å². The minimum Gasteiger partial charge on any atom is -0.425 e. The lowest BCUT2D eigenvalue weighted by atomic mass is 9.65. The molecule has 0 radical (unpaired) electrons. The Labute approximate surface area is 208 Å². The summed E-state index contributed by atoms with van der Waals surface area (Å²) in [6, 6.07) is 39.3. The highest BCUT2D eigenvalue weighted by Crippen LogP contribution is 2.70. The van der Waals surface area contributed by atoms with Gasteiger partial charge in [0, 0.05) is 0 Å². The van der Waals surface area contributed by atoms with E-state index in [0.29, 0.717) is 0 Å². The van der Waals surface area contributed by atoms with Gasteiger partial charge in [-0.2, -0.15) is 0 Å². The van der Waals surface area contributed by atoms with Crippen molar-refractivity contribution in [3.05, 3.63) is 144 Å². The normalized spacial score (nSPS) is 28.1. The fourth-order valence-corrected chi connectivity index (χ4v) is 6.70. The molecule has 0 spiro atoms. The van der Waals surface area contributed by atoms with Crippen LogP contribution < -0.4 is 0 Å². The van der Waals surface area contributed by atoms with E-state index in [1.54, 1.807) is 0 Å². The maximum atomic E-state index is 15.2. The molecular formula is C32H22O4. The van der Waals surface area contributed by atoms with Crippen molar-refractivity contribution in [1.29, 1.82) is 0 Å². The van der Waals surface area contributed by atoms with Gasteiger partial charge in [0.2, 0.25) is 0 Å². The van der Waals surface area contributed by atoms with Crippen LogP contribution in [-0.2, 0) is 25.1 Å². The van der Waals surface area contributed by atoms with E-state index in [1.807, 2.05) is 121 Å². The molecule has 7 rings (SSSR count). The molecule has 2 aliphatic carbocycles. The summed E-state index contributed by atoms with van der Waals surface area (Å²) in [6.45, 7) is 0. The molecule has 1 saturated heterocycles. The molecule has 3 aliphatic rings. The van der Waals surface area contributed by atoms with E-state index in [9.17, 15) is 4.79 Å². The number of ketones is 1. The summed E-state index contributed by atoms with van der Waals surface area (Å²) < 4.78 is 11.8. The number of benzene rings is 4. The van der Waals surface area contributed by atoms with E-state index in [2.05, 4.69) is 0 Å². The fourth-order valence-electron chi connectivity index (χ4n) is 6.70. The quantitative estimate of drug-likeness (QED) is 0.345. The van der Waals surface area contributed by atoms with Gasteiger partial charge in [-0.1, -0.05) is 121 Å². The lowest BCUT2D eigenvalue weighted by Crippen LogP contribution is -2.45. The van der Waals surface area contributed by atoms with Crippen molar-refractivity contribution in [1.82, 2.24) is 0 Å². The van der Waals surface area contributed by atoms with Crippen LogP contribution in [0.25, 0.3) is 11.1 Å².